The van der Waals surface area contributed by atoms with Crippen LogP contribution in [0.3, 0.4) is 0 Å². The van der Waals surface area contributed by atoms with E-state index >= 15 is 0 Å². The first-order chi connectivity index (χ1) is 15.9. The number of carbonyl (C=O) groups is 2. The molecule has 1 atom stereocenters. The third-order valence-electron chi connectivity index (χ3n) is 5.78. The molecule has 168 valence electrons. The van der Waals surface area contributed by atoms with Crippen LogP contribution in [0.2, 0.25) is 0 Å². The van der Waals surface area contributed by atoms with Crippen LogP contribution in [-0.2, 0) is 4.79 Å². The number of fused-ring (bicyclic) bond motifs is 1. The fourth-order valence-electron chi connectivity index (χ4n) is 3.93. The molecule has 1 unspecified atom stereocenters. The molecule has 5 rings (SSSR count). The van der Waals surface area contributed by atoms with E-state index in [1.807, 2.05) is 29.7 Å². The first kappa shape index (κ1) is 20.6. The fourth-order valence-corrected chi connectivity index (χ4v) is 3.93. The summed E-state index contributed by atoms with van der Waals surface area (Å²) in [4.78, 5) is 44.2. The minimum Gasteiger partial charge on any atom is -0.443 e. The summed E-state index contributed by atoms with van der Waals surface area (Å²) >= 11 is 0. The van der Waals surface area contributed by atoms with Gasteiger partial charge in [-0.05, 0) is 25.5 Å². The lowest BCUT2D eigenvalue weighted by atomic mass is 10.1. The molecular weight excluding hydrogens is 424 g/mol. The lowest BCUT2D eigenvalue weighted by Gasteiger charge is -2.13. The van der Waals surface area contributed by atoms with E-state index in [1.165, 1.54) is 12.5 Å². The minimum absolute atomic E-state index is 0.0123. The van der Waals surface area contributed by atoms with Crippen LogP contribution < -0.4 is 11.1 Å². The van der Waals surface area contributed by atoms with Gasteiger partial charge in [0.25, 0.3) is 5.91 Å². The maximum Gasteiger partial charge on any atom is 0.273 e. The van der Waals surface area contributed by atoms with Crippen LogP contribution in [0.5, 0.6) is 0 Å². The number of nitrogens with zero attached hydrogens (tertiary/aromatic N) is 6. The normalized spacial score (nSPS) is 16.0. The van der Waals surface area contributed by atoms with Gasteiger partial charge in [0, 0.05) is 43.8 Å². The molecule has 3 N–H and O–H groups in total. The molecule has 4 aromatic rings. The van der Waals surface area contributed by atoms with Gasteiger partial charge in [0.05, 0.1) is 12.1 Å². The van der Waals surface area contributed by atoms with E-state index in [9.17, 15) is 9.59 Å². The van der Waals surface area contributed by atoms with Crippen molar-refractivity contribution >= 4 is 23.3 Å². The number of aromatic nitrogens is 5. The van der Waals surface area contributed by atoms with E-state index in [-0.39, 0.29) is 35.8 Å². The molecule has 33 heavy (non-hydrogen) atoms. The zero-order chi connectivity index (χ0) is 23.1. The van der Waals surface area contributed by atoms with E-state index in [1.54, 1.807) is 18.1 Å². The van der Waals surface area contributed by atoms with Crippen molar-refractivity contribution in [3.05, 3.63) is 48.4 Å². The highest BCUT2D eigenvalue weighted by Crippen LogP contribution is 2.30. The van der Waals surface area contributed by atoms with Gasteiger partial charge in [-0.2, -0.15) is 0 Å². The zero-order valence-electron chi connectivity index (χ0n) is 18.1. The van der Waals surface area contributed by atoms with Crippen LogP contribution in [0.4, 0.5) is 5.82 Å². The van der Waals surface area contributed by atoms with Crippen molar-refractivity contribution in [3.8, 4) is 22.8 Å². The van der Waals surface area contributed by atoms with Crippen molar-refractivity contribution in [2.45, 2.75) is 13.3 Å². The number of nitrogen functional groups attached to an aromatic ring is 1. The lowest BCUT2D eigenvalue weighted by molar-refractivity contribution is -0.129. The molecule has 4 aromatic heterocycles. The number of carbonyl (C=O) groups excluding carboxylic acids is 2. The number of hydrogen-bond donors (Lipinski definition) is 2. The number of likely N-dealkylation sites (tertiary alicyclic amines) is 1. The van der Waals surface area contributed by atoms with Crippen LogP contribution >= 0.6 is 0 Å². The van der Waals surface area contributed by atoms with Gasteiger partial charge in [0.2, 0.25) is 11.8 Å². The monoisotopic (exact) mass is 446 g/mol. The predicted octanol–water partition coefficient (Wildman–Crippen LogP) is 1.55. The maximum absolute atomic E-state index is 12.9. The van der Waals surface area contributed by atoms with Crippen molar-refractivity contribution in [2.75, 3.05) is 25.9 Å². The van der Waals surface area contributed by atoms with E-state index in [0.717, 1.165) is 11.3 Å². The van der Waals surface area contributed by atoms with Crippen LogP contribution in [0.1, 0.15) is 22.6 Å². The summed E-state index contributed by atoms with van der Waals surface area (Å²) in [6, 6.07) is 3.69. The van der Waals surface area contributed by atoms with Crippen LogP contribution in [0.15, 0.2) is 41.4 Å². The molecular formula is C22H22N8O3. The summed E-state index contributed by atoms with van der Waals surface area (Å²) in [5.41, 5.74) is 9.20. The molecule has 0 aliphatic carbocycles. The highest BCUT2D eigenvalue weighted by Gasteiger charge is 2.30. The number of pyridine rings is 1. The van der Waals surface area contributed by atoms with Crippen molar-refractivity contribution in [2.24, 2.45) is 5.92 Å². The third kappa shape index (κ3) is 3.67. The molecule has 1 aliphatic rings. The molecule has 0 spiro atoms. The smallest absolute Gasteiger partial charge is 0.273 e. The Hall–Kier alpha value is -4.28. The first-order valence-electron chi connectivity index (χ1n) is 10.5. The number of nitrogens with two attached hydrogens (primary N) is 1. The molecule has 11 heteroatoms. The summed E-state index contributed by atoms with van der Waals surface area (Å²) in [7, 11) is 1.75. The molecule has 11 nitrogen and oxygen atoms in total. The summed E-state index contributed by atoms with van der Waals surface area (Å²) < 4.78 is 7.35. The van der Waals surface area contributed by atoms with Gasteiger partial charge in [-0.25, -0.2) is 19.9 Å². The SMILES string of the molecule is Cc1cnc2ccc(-c3nc(C(=O)NCC4CCN(C)C4=O)c(N)nc3-c3ncco3)cn12. The molecule has 0 bridgehead atoms. The second-order valence-corrected chi connectivity index (χ2v) is 7.99. The Kier molecular flexibility index (Phi) is 5.00. The number of hydrogen-bond acceptors (Lipinski definition) is 8. The van der Waals surface area contributed by atoms with Gasteiger partial charge in [0.15, 0.2) is 17.2 Å². The highest BCUT2D eigenvalue weighted by molar-refractivity contribution is 5.98. The number of aryl methyl sites for hydroxylation is 1. The summed E-state index contributed by atoms with van der Waals surface area (Å²) in [5, 5.41) is 2.78. The third-order valence-corrected chi connectivity index (χ3v) is 5.78. The maximum atomic E-state index is 12.9. The molecule has 2 amide bonds. The van der Waals surface area contributed by atoms with Crippen LogP contribution in [0, 0.1) is 12.8 Å². The number of anilines is 1. The van der Waals surface area contributed by atoms with Crippen molar-refractivity contribution in [3.63, 3.8) is 0 Å². The first-order valence-corrected chi connectivity index (χ1v) is 10.5. The van der Waals surface area contributed by atoms with Crippen LogP contribution in [0.25, 0.3) is 28.5 Å². The van der Waals surface area contributed by atoms with E-state index < -0.39 is 5.91 Å². The van der Waals surface area contributed by atoms with Crippen LogP contribution in [-0.4, -0.2) is 61.2 Å². The van der Waals surface area contributed by atoms with Crippen molar-refractivity contribution in [1.82, 2.24) is 34.6 Å². The van der Waals surface area contributed by atoms with E-state index in [2.05, 4.69) is 25.3 Å². The predicted molar refractivity (Wildman–Crippen MR) is 119 cm³/mol. The summed E-state index contributed by atoms with van der Waals surface area (Å²) in [5.74, 6) is -0.566. The Labute approximate surface area is 188 Å². The number of rotatable bonds is 5. The van der Waals surface area contributed by atoms with Gasteiger partial charge in [-0.15, -0.1) is 0 Å². The molecule has 0 aromatic carbocycles. The van der Waals surface area contributed by atoms with Gasteiger partial charge in [-0.1, -0.05) is 0 Å². The topological polar surface area (TPSA) is 145 Å². The van der Waals surface area contributed by atoms with Crippen molar-refractivity contribution in [1.29, 1.82) is 0 Å². The lowest BCUT2D eigenvalue weighted by Crippen LogP contribution is -2.34. The Morgan fingerprint density at radius 3 is 2.85 bits per heavy atom. The second-order valence-electron chi connectivity index (χ2n) is 7.99. The average molecular weight is 446 g/mol. The Bertz CT molecular complexity index is 1360. The highest BCUT2D eigenvalue weighted by atomic mass is 16.3. The van der Waals surface area contributed by atoms with E-state index in [0.29, 0.717) is 29.9 Å². The Morgan fingerprint density at radius 2 is 2.12 bits per heavy atom. The summed E-state index contributed by atoms with van der Waals surface area (Å²) in [6.07, 6.45) is 7.24. The molecule has 1 fully saturated rings. The molecule has 1 saturated heterocycles. The van der Waals surface area contributed by atoms with Gasteiger partial charge in [0.1, 0.15) is 17.6 Å². The largest absolute Gasteiger partial charge is 0.443 e. The quantitative estimate of drug-likeness (QED) is 0.470. The number of amides is 2. The Morgan fingerprint density at radius 1 is 1.27 bits per heavy atom. The van der Waals surface area contributed by atoms with E-state index in [4.69, 9.17) is 10.2 Å². The minimum atomic E-state index is -0.498. The van der Waals surface area contributed by atoms with Gasteiger partial charge >= 0.3 is 0 Å². The molecule has 5 heterocycles. The van der Waals surface area contributed by atoms with Gasteiger partial charge < -0.3 is 24.8 Å². The summed E-state index contributed by atoms with van der Waals surface area (Å²) in [6.45, 7) is 2.82. The molecule has 0 radical (unpaired) electrons. The fraction of sp³-hybridized carbons (Fsp3) is 0.273. The standard InChI is InChI=1S/C22H22N8O3/c1-12-9-25-15-4-3-14(11-30(12)15)16-17(21-24-6-8-33-21)28-19(23)18(27-16)20(31)26-10-13-5-7-29(2)22(13)32/h3-4,6,8-9,11,13H,5,7,10H2,1-2H3,(H2,23,28)(H,26,31). The average Bonchev–Trinajstić information content (AvgIpc) is 3.55. The van der Waals surface area contributed by atoms with Gasteiger partial charge in [-0.3, -0.25) is 9.59 Å². The number of nitrogens with one attached hydrogen (secondary N) is 1. The molecule has 1 aliphatic heterocycles. The van der Waals surface area contributed by atoms with Crippen molar-refractivity contribution < 1.29 is 14.0 Å². The zero-order valence-corrected chi connectivity index (χ0v) is 18.1. The second kappa shape index (κ2) is 8.01. The Balaban J connectivity index is 1.53. The number of oxazole rings is 1. The number of imidazole rings is 1. The molecule has 0 saturated carbocycles.